The van der Waals surface area contributed by atoms with E-state index in [9.17, 15) is 22.8 Å². The van der Waals surface area contributed by atoms with Crippen LogP contribution in [-0.2, 0) is 9.59 Å². The summed E-state index contributed by atoms with van der Waals surface area (Å²) in [6.07, 6.45) is -5.26. The first-order chi connectivity index (χ1) is 7.09. The van der Waals surface area contributed by atoms with E-state index in [0.29, 0.717) is 0 Å². The van der Waals surface area contributed by atoms with Crippen LogP contribution < -0.4 is 10.6 Å². The van der Waals surface area contributed by atoms with Crippen LogP contribution in [0.4, 0.5) is 13.2 Å². The summed E-state index contributed by atoms with van der Waals surface area (Å²) in [7, 11) is 0. The standard InChI is InChI=1S/C8H11F3N2O3/c1-3(2)4-5(14)13-7(16,6(15)12-4)8(9,10)11/h3-4,16H,1-2H3,(H,12,15)(H,13,14)/t4-,7+/m1/s1. The Morgan fingerprint density at radius 2 is 1.88 bits per heavy atom. The number of nitrogens with one attached hydrogen (secondary N) is 2. The first kappa shape index (κ1) is 12.8. The average molecular weight is 240 g/mol. The number of amides is 2. The lowest BCUT2D eigenvalue weighted by Crippen LogP contribution is -2.75. The van der Waals surface area contributed by atoms with E-state index in [1.165, 1.54) is 5.32 Å². The van der Waals surface area contributed by atoms with Gasteiger partial charge in [-0.2, -0.15) is 13.2 Å². The highest BCUT2D eigenvalue weighted by molar-refractivity contribution is 5.99. The number of hydrogen-bond acceptors (Lipinski definition) is 3. The smallest absolute Gasteiger partial charge is 0.356 e. The van der Waals surface area contributed by atoms with E-state index in [4.69, 9.17) is 5.11 Å². The van der Waals surface area contributed by atoms with Gasteiger partial charge in [-0.05, 0) is 5.92 Å². The molecule has 8 heteroatoms. The molecule has 16 heavy (non-hydrogen) atoms. The molecule has 5 nitrogen and oxygen atoms in total. The van der Waals surface area contributed by atoms with Crippen molar-refractivity contribution >= 4 is 11.8 Å². The van der Waals surface area contributed by atoms with E-state index in [1.54, 1.807) is 13.8 Å². The molecule has 0 bridgehead atoms. The van der Waals surface area contributed by atoms with Crippen LogP contribution in [0, 0.1) is 5.92 Å². The molecule has 1 heterocycles. The predicted octanol–water partition coefficient (Wildman–Crippen LogP) is -0.492. The molecule has 0 aromatic rings. The van der Waals surface area contributed by atoms with Crippen LogP contribution in [0.15, 0.2) is 0 Å². The fourth-order valence-corrected chi connectivity index (χ4v) is 1.29. The van der Waals surface area contributed by atoms with Crippen LogP contribution in [0.1, 0.15) is 13.8 Å². The summed E-state index contributed by atoms with van der Waals surface area (Å²) in [5.41, 5.74) is -3.84. The SMILES string of the molecule is CC(C)[C@H]1NC(=O)[C@](O)(C(F)(F)F)NC1=O. The van der Waals surface area contributed by atoms with Crippen LogP contribution in [0.3, 0.4) is 0 Å². The summed E-state index contributed by atoms with van der Waals surface area (Å²) in [4.78, 5) is 22.4. The maximum Gasteiger partial charge on any atom is 0.446 e. The van der Waals surface area contributed by atoms with Gasteiger partial charge in [0.25, 0.3) is 5.91 Å². The largest absolute Gasteiger partial charge is 0.446 e. The maximum atomic E-state index is 12.4. The molecule has 0 aromatic carbocycles. The fraction of sp³-hybridized carbons (Fsp3) is 0.750. The van der Waals surface area contributed by atoms with E-state index in [1.807, 2.05) is 5.32 Å². The zero-order valence-corrected chi connectivity index (χ0v) is 8.55. The molecule has 1 fully saturated rings. The Balaban J connectivity index is 2.99. The van der Waals surface area contributed by atoms with Gasteiger partial charge in [-0.25, -0.2) is 0 Å². The number of carbonyl (C=O) groups is 2. The van der Waals surface area contributed by atoms with Gasteiger partial charge in [0.1, 0.15) is 6.04 Å². The Hall–Kier alpha value is -1.31. The molecule has 1 rings (SSSR count). The number of rotatable bonds is 1. The average Bonchev–Trinajstić information content (AvgIpc) is 2.08. The molecule has 0 saturated carbocycles. The molecule has 1 aliphatic heterocycles. The number of aliphatic hydroxyl groups is 1. The monoisotopic (exact) mass is 240 g/mol. The molecule has 0 spiro atoms. The minimum Gasteiger partial charge on any atom is -0.356 e. The quantitative estimate of drug-likeness (QED) is 0.578. The van der Waals surface area contributed by atoms with Crippen molar-refractivity contribution < 1.29 is 27.9 Å². The summed E-state index contributed by atoms with van der Waals surface area (Å²) in [5, 5.41) is 12.2. The van der Waals surface area contributed by atoms with Crippen molar-refractivity contribution in [3.63, 3.8) is 0 Å². The zero-order chi connectivity index (χ0) is 12.7. The molecule has 92 valence electrons. The fourth-order valence-electron chi connectivity index (χ4n) is 1.29. The minimum atomic E-state index is -5.26. The van der Waals surface area contributed by atoms with Gasteiger partial charge in [-0.3, -0.25) is 9.59 Å². The molecular weight excluding hydrogens is 229 g/mol. The van der Waals surface area contributed by atoms with Crippen LogP contribution in [0.25, 0.3) is 0 Å². The predicted molar refractivity (Wildman–Crippen MR) is 45.9 cm³/mol. The van der Waals surface area contributed by atoms with Crippen molar-refractivity contribution in [1.82, 2.24) is 10.6 Å². The van der Waals surface area contributed by atoms with Crippen LogP contribution in [-0.4, -0.2) is 34.9 Å². The van der Waals surface area contributed by atoms with Gasteiger partial charge in [-0.15, -0.1) is 0 Å². The first-order valence-corrected chi connectivity index (χ1v) is 4.51. The summed E-state index contributed by atoms with van der Waals surface area (Å²) in [5.74, 6) is -3.10. The van der Waals surface area contributed by atoms with Crippen molar-refractivity contribution in [3.05, 3.63) is 0 Å². The summed E-state index contributed by atoms with van der Waals surface area (Å²) >= 11 is 0. The Labute approximate surface area is 89.0 Å². The van der Waals surface area contributed by atoms with Gasteiger partial charge in [-0.1, -0.05) is 13.8 Å². The van der Waals surface area contributed by atoms with Gasteiger partial charge in [0.15, 0.2) is 0 Å². The Morgan fingerprint density at radius 1 is 1.38 bits per heavy atom. The second-order valence-corrected chi connectivity index (χ2v) is 3.89. The van der Waals surface area contributed by atoms with Crippen LogP contribution in [0.5, 0.6) is 0 Å². The minimum absolute atomic E-state index is 0.373. The number of piperazine rings is 1. The summed E-state index contributed by atoms with van der Waals surface area (Å²) in [6, 6.07) is -1.07. The molecule has 3 N–H and O–H groups in total. The summed E-state index contributed by atoms with van der Waals surface area (Å²) in [6.45, 7) is 3.12. The molecule has 1 saturated heterocycles. The highest BCUT2D eigenvalue weighted by Gasteiger charge is 2.64. The van der Waals surface area contributed by atoms with Crippen molar-refractivity contribution in [2.24, 2.45) is 5.92 Å². The molecule has 2 atom stereocenters. The van der Waals surface area contributed by atoms with Gasteiger partial charge < -0.3 is 15.7 Å². The van der Waals surface area contributed by atoms with E-state index in [2.05, 4.69) is 0 Å². The van der Waals surface area contributed by atoms with E-state index < -0.39 is 29.8 Å². The van der Waals surface area contributed by atoms with Gasteiger partial charge >= 0.3 is 11.9 Å². The van der Waals surface area contributed by atoms with Crippen molar-refractivity contribution in [2.75, 3.05) is 0 Å². The number of hydrogen-bond donors (Lipinski definition) is 3. The summed E-state index contributed by atoms with van der Waals surface area (Å²) < 4.78 is 37.1. The molecule has 2 amide bonds. The normalized spacial score (nSPS) is 31.3. The van der Waals surface area contributed by atoms with Crippen molar-refractivity contribution in [1.29, 1.82) is 0 Å². The maximum absolute atomic E-state index is 12.4. The number of halogens is 3. The lowest BCUT2D eigenvalue weighted by atomic mass is 9.98. The molecular formula is C8H11F3N2O3. The topological polar surface area (TPSA) is 78.4 Å². The second-order valence-electron chi connectivity index (χ2n) is 3.89. The molecule has 0 unspecified atom stereocenters. The molecule has 0 radical (unpaired) electrons. The van der Waals surface area contributed by atoms with E-state index in [0.717, 1.165) is 0 Å². The third-order valence-corrected chi connectivity index (χ3v) is 2.28. The number of carbonyl (C=O) groups excluding carboxylic acids is 2. The third kappa shape index (κ3) is 1.84. The van der Waals surface area contributed by atoms with Crippen LogP contribution in [0.2, 0.25) is 0 Å². The Morgan fingerprint density at radius 3 is 2.25 bits per heavy atom. The number of alkyl halides is 3. The van der Waals surface area contributed by atoms with E-state index >= 15 is 0 Å². The lowest BCUT2D eigenvalue weighted by molar-refractivity contribution is -0.264. The molecule has 1 aliphatic rings. The second kappa shape index (κ2) is 3.62. The van der Waals surface area contributed by atoms with Crippen molar-refractivity contribution in [3.8, 4) is 0 Å². The Bertz CT molecular complexity index is 329. The van der Waals surface area contributed by atoms with Gasteiger partial charge in [0.2, 0.25) is 5.91 Å². The highest BCUT2D eigenvalue weighted by atomic mass is 19.4. The third-order valence-electron chi connectivity index (χ3n) is 2.28. The highest BCUT2D eigenvalue weighted by Crippen LogP contribution is 2.30. The van der Waals surface area contributed by atoms with Crippen molar-refractivity contribution in [2.45, 2.75) is 31.8 Å². The zero-order valence-electron chi connectivity index (χ0n) is 8.55. The van der Waals surface area contributed by atoms with Gasteiger partial charge in [0.05, 0.1) is 0 Å². The molecule has 0 aliphatic carbocycles. The van der Waals surface area contributed by atoms with Gasteiger partial charge in [0, 0.05) is 0 Å². The van der Waals surface area contributed by atoms with Crippen LogP contribution >= 0.6 is 0 Å². The first-order valence-electron chi connectivity index (χ1n) is 4.51. The lowest BCUT2D eigenvalue weighted by Gasteiger charge is -2.37. The Kier molecular flexibility index (Phi) is 2.88. The van der Waals surface area contributed by atoms with E-state index in [-0.39, 0.29) is 5.92 Å². The molecule has 0 aromatic heterocycles.